The van der Waals surface area contributed by atoms with Crippen LogP contribution < -0.4 is 13.8 Å². The van der Waals surface area contributed by atoms with Gasteiger partial charge in [-0.3, -0.25) is 9.10 Å². The number of carbonyl (C=O) groups is 2. The summed E-state index contributed by atoms with van der Waals surface area (Å²) < 4.78 is 41.9. The first-order valence-corrected chi connectivity index (χ1v) is 13.3. The fourth-order valence-corrected chi connectivity index (χ4v) is 4.72. The molecule has 2 aromatic rings. The molecule has 1 aliphatic rings. The summed E-state index contributed by atoms with van der Waals surface area (Å²) in [5.74, 6) is -0.00239. The molecule has 0 bridgehead atoms. The Bertz CT molecular complexity index is 1140. The molecule has 0 radical (unpaired) electrons. The van der Waals surface area contributed by atoms with Gasteiger partial charge in [0.25, 0.3) is 0 Å². The zero-order valence-corrected chi connectivity index (χ0v) is 20.7. The number of ether oxygens (including phenoxy) is 3. The van der Waals surface area contributed by atoms with Gasteiger partial charge in [-0.1, -0.05) is 13.3 Å². The standard InChI is InChI=1S/C25H31NO7S/c1-4-6-14-32-23-12-10-20(16-24(23)31-5-2)25(28)33-17-22(27)19-9-11-21-18(15-19)8-7-13-26(21)34(3,29)30/h9-12,15-16H,4-8,13-14,17H2,1-3H3. The molecule has 9 heteroatoms. The predicted molar refractivity (Wildman–Crippen MR) is 130 cm³/mol. The molecule has 0 spiro atoms. The lowest BCUT2D eigenvalue weighted by atomic mass is 9.99. The molecule has 0 fully saturated rings. The summed E-state index contributed by atoms with van der Waals surface area (Å²) >= 11 is 0. The number of benzene rings is 2. The van der Waals surface area contributed by atoms with Crippen molar-refractivity contribution >= 4 is 27.5 Å². The second-order valence-electron chi connectivity index (χ2n) is 8.08. The van der Waals surface area contributed by atoms with E-state index in [0.717, 1.165) is 18.4 Å². The fourth-order valence-electron chi connectivity index (χ4n) is 3.73. The minimum Gasteiger partial charge on any atom is -0.490 e. The Morgan fingerprint density at radius 2 is 1.76 bits per heavy atom. The predicted octanol–water partition coefficient (Wildman–Crippen LogP) is 4.02. The van der Waals surface area contributed by atoms with E-state index in [1.807, 2.05) is 6.92 Å². The average Bonchev–Trinajstić information content (AvgIpc) is 2.82. The van der Waals surface area contributed by atoms with Gasteiger partial charge in [-0.05, 0) is 68.1 Å². The van der Waals surface area contributed by atoms with Crippen molar-refractivity contribution in [1.82, 2.24) is 0 Å². The number of esters is 1. The number of rotatable bonds is 11. The minimum absolute atomic E-state index is 0.258. The van der Waals surface area contributed by atoms with Crippen LogP contribution in [0.4, 0.5) is 5.69 Å². The van der Waals surface area contributed by atoms with Crippen LogP contribution in [0.2, 0.25) is 0 Å². The molecule has 0 saturated carbocycles. The number of Topliss-reactive ketones (excluding diaryl/α,β-unsaturated/α-hetero) is 1. The first kappa shape index (κ1) is 25.6. The Labute approximate surface area is 200 Å². The number of hydrogen-bond acceptors (Lipinski definition) is 7. The van der Waals surface area contributed by atoms with Crippen LogP contribution in [0.25, 0.3) is 0 Å². The van der Waals surface area contributed by atoms with Gasteiger partial charge in [0.1, 0.15) is 0 Å². The number of unbranched alkanes of at least 4 members (excludes halogenated alkanes) is 1. The number of aryl methyl sites for hydroxylation is 1. The number of ketones is 1. The third-order valence-electron chi connectivity index (χ3n) is 5.45. The van der Waals surface area contributed by atoms with E-state index >= 15 is 0 Å². The van der Waals surface area contributed by atoms with Crippen LogP contribution in [-0.4, -0.2) is 52.8 Å². The quantitative estimate of drug-likeness (QED) is 0.267. The molecular weight excluding hydrogens is 458 g/mol. The van der Waals surface area contributed by atoms with E-state index in [1.165, 1.54) is 10.6 Å². The van der Waals surface area contributed by atoms with Crippen LogP contribution in [0.3, 0.4) is 0 Å². The Morgan fingerprint density at radius 3 is 2.47 bits per heavy atom. The molecule has 1 aliphatic heterocycles. The van der Waals surface area contributed by atoms with Gasteiger partial charge in [-0.25, -0.2) is 13.2 Å². The van der Waals surface area contributed by atoms with Gasteiger partial charge in [0.15, 0.2) is 23.9 Å². The van der Waals surface area contributed by atoms with Crippen LogP contribution in [0.5, 0.6) is 11.5 Å². The van der Waals surface area contributed by atoms with E-state index < -0.39 is 22.6 Å². The van der Waals surface area contributed by atoms with Crippen LogP contribution >= 0.6 is 0 Å². The largest absolute Gasteiger partial charge is 0.490 e. The normalized spacial score (nSPS) is 13.2. The summed E-state index contributed by atoms with van der Waals surface area (Å²) in [4.78, 5) is 25.2. The number of anilines is 1. The van der Waals surface area contributed by atoms with Crippen LogP contribution in [0.1, 0.15) is 59.4 Å². The Morgan fingerprint density at radius 1 is 1.00 bits per heavy atom. The maximum absolute atomic E-state index is 12.7. The molecule has 0 amide bonds. The molecule has 34 heavy (non-hydrogen) atoms. The lowest BCUT2D eigenvalue weighted by Gasteiger charge is -2.29. The maximum Gasteiger partial charge on any atom is 0.338 e. The van der Waals surface area contributed by atoms with Crippen LogP contribution in [0, 0.1) is 0 Å². The highest BCUT2D eigenvalue weighted by atomic mass is 32.2. The van der Waals surface area contributed by atoms with E-state index in [-0.39, 0.29) is 11.3 Å². The van der Waals surface area contributed by atoms with E-state index in [0.29, 0.717) is 55.4 Å². The summed E-state index contributed by atoms with van der Waals surface area (Å²) in [6.45, 7) is 4.87. The molecule has 0 unspecified atom stereocenters. The van der Waals surface area contributed by atoms with E-state index in [1.54, 1.807) is 36.4 Å². The highest BCUT2D eigenvalue weighted by molar-refractivity contribution is 7.92. The summed E-state index contributed by atoms with van der Waals surface area (Å²) in [6, 6.07) is 9.67. The Kier molecular flexibility index (Phi) is 8.55. The molecular formula is C25H31NO7S. The van der Waals surface area contributed by atoms with E-state index in [4.69, 9.17) is 14.2 Å². The van der Waals surface area contributed by atoms with E-state index in [2.05, 4.69) is 6.92 Å². The summed E-state index contributed by atoms with van der Waals surface area (Å²) in [5, 5.41) is 0. The molecule has 0 aliphatic carbocycles. The van der Waals surface area contributed by atoms with Crippen LogP contribution in [-0.2, 0) is 21.2 Å². The topological polar surface area (TPSA) is 99.2 Å². The molecule has 1 heterocycles. The van der Waals surface area contributed by atoms with Gasteiger partial charge >= 0.3 is 5.97 Å². The first-order chi connectivity index (χ1) is 16.2. The van der Waals surface area contributed by atoms with E-state index in [9.17, 15) is 18.0 Å². The van der Waals surface area contributed by atoms with Crippen molar-refractivity contribution in [3.8, 4) is 11.5 Å². The number of nitrogens with zero attached hydrogens (tertiary/aromatic N) is 1. The Hall–Kier alpha value is -3.07. The van der Waals surface area contributed by atoms with Crippen molar-refractivity contribution in [2.75, 3.05) is 36.9 Å². The summed E-state index contributed by atoms with van der Waals surface area (Å²) in [6.07, 6.45) is 4.43. The summed E-state index contributed by atoms with van der Waals surface area (Å²) in [7, 11) is -3.38. The molecule has 2 aromatic carbocycles. The lowest BCUT2D eigenvalue weighted by molar-refractivity contribution is 0.0474. The maximum atomic E-state index is 12.7. The number of sulfonamides is 1. The summed E-state index contributed by atoms with van der Waals surface area (Å²) in [5.41, 5.74) is 2.01. The average molecular weight is 490 g/mol. The zero-order valence-electron chi connectivity index (χ0n) is 19.8. The molecule has 8 nitrogen and oxygen atoms in total. The van der Waals surface area contributed by atoms with Crippen LogP contribution in [0.15, 0.2) is 36.4 Å². The van der Waals surface area contributed by atoms with Crippen molar-refractivity contribution in [2.45, 2.75) is 39.5 Å². The smallest absolute Gasteiger partial charge is 0.338 e. The number of carbonyl (C=O) groups excluding carboxylic acids is 2. The second-order valence-corrected chi connectivity index (χ2v) is 9.98. The van der Waals surface area contributed by atoms with Crippen molar-refractivity contribution in [3.05, 3.63) is 53.1 Å². The zero-order chi connectivity index (χ0) is 24.7. The molecule has 0 N–H and O–H groups in total. The number of hydrogen-bond donors (Lipinski definition) is 0. The fraction of sp³-hybridized carbons (Fsp3) is 0.440. The second kappa shape index (κ2) is 11.4. The molecule has 3 rings (SSSR count). The first-order valence-electron chi connectivity index (χ1n) is 11.4. The Balaban J connectivity index is 1.67. The van der Waals surface area contributed by atoms with Gasteiger partial charge < -0.3 is 14.2 Å². The van der Waals surface area contributed by atoms with Gasteiger partial charge in [0.2, 0.25) is 10.0 Å². The third kappa shape index (κ3) is 6.28. The highest BCUT2D eigenvalue weighted by Gasteiger charge is 2.25. The van der Waals surface area contributed by atoms with Gasteiger partial charge in [0.05, 0.1) is 30.7 Å². The van der Waals surface area contributed by atoms with Crippen molar-refractivity contribution in [2.24, 2.45) is 0 Å². The van der Waals surface area contributed by atoms with Gasteiger partial charge in [0, 0.05) is 12.1 Å². The van der Waals surface area contributed by atoms with Crippen molar-refractivity contribution in [3.63, 3.8) is 0 Å². The molecule has 0 saturated heterocycles. The SMILES string of the molecule is CCCCOc1ccc(C(=O)OCC(=O)c2ccc3c(c2)CCCN3S(C)(=O)=O)cc1OCC. The lowest BCUT2D eigenvalue weighted by Crippen LogP contribution is -2.34. The number of fused-ring (bicyclic) bond motifs is 1. The van der Waals surface area contributed by atoms with Gasteiger partial charge in [-0.15, -0.1) is 0 Å². The molecule has 184 valence electrons. The van der Waals surface area contributed by atoms with Crippen molar-refractivity contribution < 1.29 is 32.2 Å². The minimum atomic E-state index is -3.38. The highest BCUT2D eigenvalue weighted by Crippen LogP contribution is 2.31. The molecule has 0 aromatic heterocycles. The monoisotopic (exact) mass is 489 g/mol. The third-order valence-corrected chi connectivity index (χ3v) is 6.63. The van der Waals surface area contributed by atoms with Crippen molar-refractivity contribution in [1.29, 1.82) is 0 Å². The van der Waals surface area contributed by atoms with Gasteiger partial charge in [-0.2, -0.15) is 0 Å². The molecule has 0 atom stereocenters.